The molecule has 0 unspecified atom stereocenters. The molecule has 6 heteroatoms. The van der Waals surface area contributed by atoms with Crippen LogP contribution >= 0.6 is 0 Å². The number of fused-ring (bicyclic) bond motifs is 1. The fraction of sp³-hybridized carbons (Fsp3) is 0.487. The molecule has 0 saturated carbocycles. The number of hydrogen-bond donors (Lipinski definition) is 0. The number of likely N-dealkylation sites (tertiary alicyclic amines) is 1. The van der Waals surface area contributed by atoms with Crippen molar-refractivity contribution in [2.45, 2.75) is 65.0 Å². The van der Waals surface area contributed by atoms with Crippen molar-refractivity contribution in [3.63, 3.8) is 0 Å². The minimum absolute atomic E-state index is 0.128. The number of ether oxygens (including phenoxy) is 1. The summed E-state index contributed by atoms with van der Waals surface area (Å²) in [6.07, 6.45) is 7.08. The summed E-state index contributed by atoms with van der Waals surface area (Å²) in [5.74, 6) is 1.09. The summed E-state index contributed by atoms with van der Waals surface area (Å²) in [5.41, 5.74) is 8.37. The Kier molecular flexibility index (Phi) is 10.8. The largest absolute Gasteiger partial charge is 0.378 e. The zero-order valence-corrected chi connectivity index (χ0v) is 27.0. The van der Waals surface area contributed by atoms with Gasteiger partial charge in [-0.05, 0) is 104 Å². The van der Waals surface area contributed by atoms with Crippen molar-refractivity contribution < 1.29 is 14.3 Å². The van der Waals surface area contributed by atoms with Crippen molar-refractivity contribution in [1.82, 2.24) is 14.7 Å². The molecule has 0 radical (unpaired) electrons. The van der Waals surface area contributed by atoms with E-state index in [0.29, 0.717) is 38.6 Å². The highest BCUT2D eigenvalue weighted by Gasteiger charge is 2.24. The first-order valence-electron chi connectivity index (χ1n) is 17.1. The van der Waals surface area contributed by atoms with Gasteiger partial charge >= 0.3 is 0 Å². The Labute approximate surface area is 269 Å². The van der Waals surface area contributed by atoms with Crippen LogP contribution in [-0.4, -0.2) is 78.9 Å². The molecule has 0 atom stereocenters. The third kappa shape index (κ3) is 8.29. The molecule has 1 amide bonds. The molecule has 6 rings (SSSR count). The Hall–Kier alpha value is -3.32. The number of benzene rings is 3. The predicted octanol–water partition coefficient (Wildman–Crippen LogP) is 6.33. The van der Waals surface area contributed by atoms with Crippen molar-refractivity contribution in [3.8, 4) is 0 Å². The maximum absolute atomic E-state index is 13.2. The molecular weight excluding hydrogens is 558 g/mol. The number of ketones is 1. The van der Waals surface area contributed by atoms with Crippen molar-refractivity contribution in [3.05, 3.63) is 106 Å². The molecule has 2 fully saturated rings. The Bertz CT molecular complexity index is 1460. The molecule has 3 aromatic rings. The fourth-order valence-corrected chi connectivity index (χ4v) is 7.30. The van der Waals surface area contributed by atoms with Gasteiger partial charge in [0, 0.05) is 56.8 Å². The van der Waals surface area contributed by atoms with E-state index in [1.54, 1.807) is 0 Å². The molecule has 0 aliphatic carbocycles. The smallest absolute Gasteiger partial charge is 0.254 e. The van der Waals surface area contributed by atoms with Crippen molar-refractivity contribution >= 4 is 11.7 Å². The maximum Gasteiger partial charge on any atom is 0.254 e. The zero-order chi connectivity index (χ0) is 31.0. The van der Waals surface area contributed by atoms with E-state index in [2.05, 4.69) is 65.3 Å². The van der Waals surface area contributed by atoms with Gasteiger partial charge in [0.2, 0.25) is 0 Å². The van der Waals surface area contributed by atoms with E-state index in [1.807, 2.05) is 23.1 Å². The van der Waals surface area contributed by atoms with E-state index in [4.69, 9.17) is 4.74 Å². The monoisotopic (exact) mass is 607 g/mol. The number of carbonyl (C=O) groups is 2. The van der Waals surface area contributed by atoms with E-state index >= 15 is 0 Å². The summed E-state index contributed by atoms with van der Waals surface area (Å²) in [4.78, 5) is 33.3. The molecule has 3 aromatic carbocycles. The number of carbonyl (C=O) groups excluding carboxylic acids is 2. The number of piperidine rings is 1. The SMILES string of the molecule is Cc1ccccc1CN1CCc2ccc(C(=O)CCCC3CCN(Cc4ccccc4C(=O)N4CCOCC4)CC3)cc2CC1. The Morgan fingerprint density at radius 1 is 0.756 bits per heavy atom. The summed E-state index contributed by atoms with van der Waals surface area (Å²) >= 11 is 0. The minimum Gasteiger partial charge on any atom is -0.378 e. The first-order valence-corrected chi connectivity index (χ1v) is 17.1. The Morgan fingerprint density at radius 3 is 2.20 bits per heavy atom. The van der Waals surface area contributed by atoms with Gasteiger partial charge in [0.1, 0.15) is 0 Å². The summed E-state index contributed by atoms with van der Waals surface area (Å²) < 4.78 is 5.43. The van der Waals surface area contributed by atoms with Crippen molar-refractivity contribution in [2.75, 3.05) is 52.5 Å². The minimum atomic E-state index is 0.128. The quantitative estimate of drug-likeness (QED) is 0.252. The van der Waals surface area contributed by atoms with E-state index in [9.17, 15) is 9.59 Å². The lowest BCUT2D eigenvalue weighted by molar-refractivity contribution is 0.0301. The van der Waals surface area contributed by atoms with Crippen LogP contribution in [0.3, 0.4) is 0 Å². The number of hydrogen-bond acceptors (Lipinski definition) is 5. The normalized spacial score (nSPS) is 18.4. The van der Waals surface area contributed by atoms with Crippen molar-refractivity contribution in [2.24, 2.45) is 5.92 Å². The van der Waals surface area contributed by atoms with Gasteiger partial charge in [-0.25, -0.2) is 0 Å². The van der Waals surface area contributed by atoms with Gasteiger partial charge < -0.3 is 9.64 Å². The molecule has 0 bridgehead atoms. The lowest BCUT2D eigenvalue weighted by Crippen LogP contribution is -2.41. The maximum atomic E-state index is 13.2. The van der Waals surface area contributed by atoms with Crippen LogP contribution < -0.4 is 0 Å². The van der Waals surface area contributed by atoms with Crippen LogP contribution in [0.2, 0.25) is 0 Å². The molecule has 6 nitrogen and oxygen atoms in total. The molecule has 3 heterocycles. The Balaban J connectivity index is 0.937. The second kappa shape index (κ2) is 15.3. The zero-order valence-electron chi connectivity index (χ0n) is 27.0. The second-order valence-corrected chi connectivity index (χ2v) is 13.3. The first-order chi connectivity index (χ1) is 22.0. The van der Waals surface area contributed by atoms with Crippen LogP contribution in [0.5, 0.6) is 0 Å². The molecule has 2 saturated heterocycles. The summed E-state index contributed by atoms with van der Waals surface area (Å²) in [7, 11) is 0. The first kappa shape index (κ1) is 31.7. The van der Waals surface area contributed by atoms with Gasteiger partial charge in [-0.15, -0.1) is 0 Å². The van der Waals surface area contributed by atoms with Gasteiger partial charge in [-0.3, -0.25) is 19.4 Å². The van der Waals surface area contributed by atoms with Crippen LogP contribution in [0.1, 0.15) is 80.6 Å². The number of Topliss-reactive ketones (excluding diaryl/α,β-unsaturated/α-hetero) is 1. The van der Waals surface area contributed by atoms with Gasteiger partial charge in [-0.1, -0.05) is 54.6 Å². The van der Waals surface area contributed by atoms with Gasteiger partial charge in [0.05, 0.1) is 13.2 Å². The second-order valence-electron chi connectivity index (χ2n) is 13.3. The molecule has 45 heavy (non-hydrogen) atoms. The molecule has 3 aliphatic heterocycles. The summed E-state index contributed by atoms with van der Waals surface area (Å²) in [6, 6.07) is 23.2. The summed E-state index contributed by atoms with van der Waals surface area (Å²) in [6.45, 7) is 10.8. The number of rotatable bonds is 10. The van der Waals surface area contributed by atoms with E-state index in [0.717, 1.165) is 94.5 Å². The number of morpholine rings is 1. The van der Waals surface area contributed by atoms with Gasteiger partial charge in [0.25, 0.3) is 5.91 Å². The van der Waals surface area contributed by atoms with E-state index in [1.165, 1.54) is 22.3 Å². The average Bonchev–Trinajstić information content (AvgIpc) is 3.28. The molecule has 0 aromatic heterocycles. The molecule has 3 aliphatic rings. The third-order valence-electron chi connectivity index (χ3n) is 10.2. The Morgan fingerprint density at radius 2 is 1.42 bits per heavy atom. The van der Waals surface area contributed by atoms with Gasteiger partial charge in [0.15, 0.2) is 5.78 Å². The number of nitrogens with zero attached hydrogens (tertiary/aromatic N) is 3. The summed E-state index contributed by atoms with van der Waals surface area (Å²) in [5, 5.41) is 0. The third-order valence-corrected chi connectivity index (χ3v) is 10.2. The van der Waals surface area contributed by atoms with Crippen LogP contribution in [0, 0.1) is 12.8 Å². The molecule has 238 valence electrons. The predicted molar refractivity (Wildman–Crippen MR) is 180 cm³/mol. The number of aryl methyl sites for hydroxylation is 1. The van der Waals surface area contributed by atoms with E-state index < -0.39 is 0 Å². The van der Waals surface area contributed by atoms with E-state index in [-0.39, 0.29) is 11.7 Å². The average molecular weight is 608 g/mol. The standard InChI is InChI=1S/C39H49N3O3/c1-30-7-2-3-9-35(30)28-41-21-17-32-13-14-34(27-33(32)18-22-41)38(43)12-6-8-31-15-19-40(20-16-31)29-36-10-4-5-11-37(36)39(44)42-23-25-45-26-24-42/h2-5,7,9-11,13-14,27,31H,6,8,12,15-26,28-29H2,1H3. The van der Waals surface area contributed by atoms with Crippen LogP contribution in [-0.2, 0) is 30.7 Å². The number of amides is 1. The molecular formula is C39H49N3O3. The van der Waals surface area contributed by atoms with Crippen LogP contribution in [0.15, 0.2) is 66.7 Å². The highest BCUT2D eigenvalue weighted by atomic mass is 16.5. The highest BCUT2D eigenvalue weighted by molar-refractivity contribution is 5.96. The van der Waals surface area contributed by atoms with Crippen LogP contribution in [0.4, 0.5) is 0 Å². The lowest BCUT2D eigenvalue weighted by atomic mass is 9.90. The highest BCUT2D eigenvalue weighted by Crippen LogP contribution is 2.26. The van der Waals surface area contributed by atoms with Crippen molar-refractivity contribution in [1.29, 1.82) is 0 Å². The lowest BCUT2D eigenvalue weighted by Gasteiger charge is -2.33. The molecule has 0 N–H and O–H groups in total. The van der Waals surface area contributed by atoms with Gasteiger partial charge in [-0.2, -0.15) is 0 Å². The molecule has 0 spiro atoms. The van der Waals surface area contributed by atoms with Crippen LogP contribution in [0.25, 0.3) is 0 Å². The fourth-order valence-electron chi connectivity index (χ4n) is 7.30. The topological polar surface area (TPSA) is 53.1 Å².